The Kier molecular flexibility index (Phi) is 7.08. The Morgan fingerprint density at radius 2 is 1.63 bits per heavy atom. The van der Waals surface area contributed by atoms with E-state index in [4.69, 9.17) is 18.8 Å². The summed E-state index contributed by atoms with van der Waals surface area (Å²) in [5.74, 6) is -1.49. The van der Waals surface area contributed by atoms with Gasteiger partial charge in [-0.05, 0) is 22.7 Å². The molecular weight excluding hydrogens is 383 g/mol. The molecule has 0 N–H and O–H groups in total. The smallest absolute Gasteiger partial charge is 0.465 e. The van der Waals surface area contributed by atoms with Gasteiger partial charge >= 0.3 is 19.1 Å². The maximum atomic E-state index is 12.5. The molecule has 0 unspecified atom stereocenters. The average Bonchev–Trinajstić information content (AvgIpc) is 2.76. The van der Waals surface area contributed by atoms with E-state index in [2.05, 4.69) is 13.8 Å². The summed E-state index contributed by atoms with van der Waals surface area (Å²) in [5, 5.41) is 0. The lowest BCUT2D eigenvalue weighted by atomic mass is 9.75. The zero-order chi connectivity index (χ0) is 21.6. The molecular formula is C23H25BO6. The summed E-state index contributed by atoms with van der Waals surface area (Å²) in [7, 11) is 0.801. The molecule has 7 heteroatoms. The van der Waals surface area contributed by atoms with E-state index in [-0.39, 0.29) is 17.6 Å². The van der Waals surface area contributed by atoms with Crippen molar-refractivity contribution in [1.82, 2.24) is 0 Å². The van der Waals surface area contributed by atoms with Gasteiger partial charge in [-0.1, -0.05) is 68.4 Å². The third-order valence-corrected chi connectivity index (χ3v) is 4.61. The summed E-state index contributed by atoms with van der Waals surface area (Å²) in [5.41, 5.74) is 2.18. The summed E-state index contributed by atoms with van der Waals surface area (Å²) in [6, 6.07) is 16.5. The van der Waals surface area contributed by atoms with E-state index in [1.54, 1.807) is 12.1 Å². The van der Waals surface area contributed by atoms with Crippen LogP contribution in [0.1, 0.15) is 25.0 Å². The average molecular weight is 408 g/mol. The van der Waals surface area contributed by atoms with Crippen LogP contribution in [0.15, 0.2) is 60.2 Å². The monoisotopic (exact) mass is 408 g/mol. The van der Waals surface area contributed by atoms with Crippen LogP contribution < -0.4 is 5.46 Å². The first-order chi connectivity index (χ1) is 14.4. The standard InChI is InChI=1S/C23H25BO6/c1-23(2)15-29-24(30-16-23)19-11-9-17(10-12-19)13-20(21(25)27-3)22(26)28-14-18-7-5-4-6-8-18/h4-13H,14-16H2,1-3H3/b20-13+. The lowest BCUT2D eigenvalue weighted by Crippen LogP contribution is -2.47. The lowest BCUT2D eigenvalue weighted by Gasteiger charge is -2.33. The predicted octanol–water partition coefficient (Wildman–Crippen LogP) is 2.75. The molecule has 0 amide bonds. The molecule has 1 saturated heterocycles. The number of carbonyl (C=O) groups is 2. The highest BCUT2D eigenvalue weighted by Crippen LogP contribution is 2.21. The minimum absolute atomic E-state index is 0.00525. The largest absolute Gasteiger partial charge is 0.493 e. The molecule has 0 radical (unpaired) electrons. The SMILES string of the molecule is COC(=O)/C(=C\c1ccc(B2OCC(C)(C)CO2)cc1)C(=O)OCc1ccccc1. The van der Waals surface area contributed by atoms with Gasteiger partial charge in [0.25, 0.3) is 0 Å². The van der Waals surface area contributed by atoms with Crippen molar-refractivity contribution >= 4 is 30.6 Å². The Hall–Kier alpha value is -2.90. The van der Waals surface area contributed by atoms with Crippen LogP contribution in [0.4, 0.5) is 0 Å². The number of ether oxygens (including phenoxy) is 2. The molecule has 0 spiro atoms. The van der Waals surface area contributed by atoms with Crippen molar-refractivity contribution in [2.75, 3.05) is 20.3 Å². The van der Waals surface area contributed by atoms with Gasteiger partial charge in [0.15, 0.2) is 0 Å². The van der Waals surface area contributed by atoms with Crippen molar-refractivity contribution in [1.29, 1.82) is 0 Å². The van der Waals surface area contributed by atoms with Crippen molar-refractivity contribution in [3.63, 3.8) is 0 Å². The van der Waals surface area contributed by atoms with Gasteiger partial charge in [-0.3, -0.25) is 0 Å². The first-order valence-corrected chi connectivity index (χ1v) is 9.72. The second kappa shape index (κ2) is 9.74. The fourth-order valence-corrected chi connectivity index (χ4v) is 2.91. The Labute approximate surface area is 176 Å². The molecule has 2 aromatic rings. The second-order valence-corrected chi connectivity index (χ2v) is 7.90. The number of hydrogen-bond donors (Lipinski definition) is 0. The molecule has 0 bridgehead atoms. The van der Waals surface area contributed by atoms with Crippen molar-refractivity contribution in [2.24, 2.45) is 5.41 Å². The summed E-state index contributed by atoms with van der Waals surface area (Å²) >= 11 is 0. The van der Waals surface area contributed by atoms with Gasteiger partial charge in [-0.15, -0.1) is 0 Å². The van der Waals surface area contributed by atoms with Gasteiger partial charge in [0, 0.05) is 18.6 Å². The third-order valence-electron chi connectivity index (χ3n) is 4.61. The van der Waals surface area contributed by atoms with Gasteiger partial charge in [0.1, 0.15) is 12.2 Å². The number of rotatable bonds is 6. The number of esters is 2. The van der Waals surface area contributed by atoms with Crippen LogP contribution in [0.2, 0.25) is 0 Å². The number of hydrogen-bond acceptors (Lipinski definition) is 6. The van der Waals surface area contributed by atoms with Crippen LogP contribution in [0.3, 0.4) is 0 Å². The molecule has 6 nitrogen and oxygen atoms in total. The Morgan fingerprint density at radius 3 is 2.23 bits per heavy atom. The summed E-state index contributed by atoms with van der Waals surface area (Å²) in [6.45, 7) is 5.46. The summed E-state index contributed by atoms with van der Waals surface area (Å²) in [6.07, 6.45) is 1.45. The minimum atomic E-state index is -0.752. The van der Waals surface area contributed by atoms with E-state index in [1.165, 1.54) is 13.2 Å². The van der Waals surface area contributed by atoms with Crippen molar-refractivity contribution in [2.45, 2.75) is 20.5 Å². The Morgan fingerprint density at radius 1 is 1.00 bits per heavy atom. The quantitative estimate of drug-likeness (QED) is 0.241. The summed E-state index contributed by atoms with van der Waals surface area (Å²) < 4.78 is 21.6. The minimum Gasteiger partial charge on any atom is -0.465 e. The zero-order valence-corrected chi connectivity index (χ0v) is 17.4. The van der Waals surface area contributed by atoms with Crippen molar-refractivity contribution in [3.05, 3.63) is 71.3 Å². The lowest BCUT2D eigenvalue weighted by molar-refractivity contribution is -0.146. The van der Waals surface area contributed by atoms with E-state index in [9.17, 15) is 9.59 Å². The second-order valence-electron chi connectivity index (χ2n) is 7.90. The maximum Gasteiger partial charge on any atom is 0.493 e. The first-order valence-electron chi connectivity index (χ1n) is 9.72. The molecule has 0 saturated carbocycles. The fourth-order valence-electron chi connectivity index (χ4n) is 2.91. The molecule has 30 heavy (non-hydrogen) atoms. The fraction of sp³-hybridized carbons (Fsp3) is 0.304. The molecule has 3 rings (SSSR count). The molecule has 156 valence electrons. The molecule has 2 aromatic carbocycles. The zero-order valence-electron chi connectivity index (χ0n) is 17.4. The summed E-state index contributed by atoms with van der Waals surface area (Å²) in [4.78, 5) is 24.6. The Bertz CT molecular complexity index is 895. The van der Waals surface area contributed by atoms with E-state index in [0.717, 1.165) is 11.0 Å². The van der Waals surface area contributed by atoms with E-state index in [0.29, 0.717) is 18.8 Å². The van der Waals surface area contributed by atoms with Crippen LogP contribution in [0.5, 0.6) is 0 Å². The maximum absolute atomic E-state index is 12.5. The highest BCUT2D eigenvalue weighted by Gasteiger charge is 2.33. The molecule has 1 aliphatic heterocycles. The normalized spacial score (nSPS) is 16.1. The highest BCUT2D eigenvalue weighted by atomic mass is 16.6. The van der Waals surface area contributed by atoms with Crippen LogP contribution in [-0.2, 0) is 35.0 Å². The topological polar surface area (TPSA) is 71.1 Å². The highest BCUT2D eigenvalue weighted by molar-refractivity contribution is 6.61. The van der Waals surface area contributed by atoms with Crippen molar-refractivity contribution < 1.29 is 28.4 Å². The third kappa shape index (κ3) is 5.81. The molecule has 0 aromatic heterocycles. The number of carbonyl (C=O) groups excluding carboxylic acids is 2. The van der Waals surface area contributed by atoms with Crippen LogP contribution in [-0.4, -0.2) is 39.4 Å². The van der Waals surface area contributed by atoms with Crippen LogP contribution in [0, 0.1) is 5.41 Å². The van der Waals surface area contributed by atoms with Crippen LogP contribution >= 0.6 is 0 Å². The van der Waals surface area contributed by atoms with E-state index >= 15 is 0 Å². The molecule has 1 fully saturated rings. The van der Waals surface area contributed by atoms with Gasteiger partial charge in [0.05, 0.1) is 7.11 Å². The van der Waals surface area contributed by atoms with Crippen molar-refractivity contribution in [3.8, 4) is 0 Å². The number of benzene rings is 2. The predicted molar refractivity (Wildman–Crippen MR) is 114 cm³/mol. The van der Waals surface area contributed by atoms with Gasteiger partial charge in [-0.25, -0.2) is 9.59 Å². The van der Waals surface area contributed by atoms with E-state index in [1.807, 2.05) is 42.5 Å². The van der Waals surface area contributed by atoms with Gasteiger partial charge in [-0.2, -0.15) is 0 Å². The van der Waals surface area contributed by atoms with Gasteiger partial charge in [0.2, 0.25) is 0 Å². The van der Waals surface area contributed by atoms with E-state index < -0.39 is 19.1 Å². The molecule has 1 aliphatic rings. The first kappa shape index (κ1) is 21.8. The van der Waals surface area contributed by atoms with Gasteiger partial charge < -0.3 is 18.8 Å². The molecule has 0 aliphatic carbocycles. The van der Waals surface area contributed by atoms with Crippen LogP contribution in [0.25, 0.3) is 6.08 Å². The number of methoxy groups -OCH3 is 1. The molecule has 0 atom stereocenters. The molecule has 1 heterocycles. The Balaban J connectivity index is 1.70.